The molecule has 0 aromatic carbocycles. The summed E-state index contributed by atoms with van der Waals surface area (Å²) < 4.78 is 12.4. The van der Waals surface area contributed by atoms with Crippen LogP contribution in [0.2, 0.25) is 36.3 Å². The van der Waals surface area contributed by atoms with Crippen molar-refractivity contribution in [1.29, 1.82) is 0 Å². The van der Waals surface area contributed by atoms with E-state index in [4.69, 9.17) is 8.85 Å². The van der Waals surface area contributed by atoms with Crippen LogP contribution < -0.4 is 0 Å². The first-order valence-corrected chi connectivity index (χ1v) is 14.9. The fraction of sp³-hybridized carbons (Fsp3) is 1.00. The third-order valence-corrected chi connectivity index (χ3v) is 15.0. The van der Waals surface area contributed by atoms with Crippen molar-refractivity contribution in [2.45, 2.75) is 103 Å². The van der Waals surface area contributed by atoms with E-state index in [2.05, 4.69) is 41.5 Å². The van der Waals surface area contributed by atoms with Crippen molar-refractivity contribution in [3.8, 4) is 0 Å². The van der Waals surface area contributed by atoms with Gasteiger partial charge in [0.2, 0.25) is 0 Å². The van der Waals surface area contributed by atoms with Gasteiger partial charge in [0.15, 0.2) is 16.6 Å². The van der Waals surface area contributed by atoms with Crippen LogP contribution in [0.25, 0.3) is 0 Å². The van der Waals surface area contributed by atoms with Crippen LogP contribution in [0.15, 0.2) is 0 Å². The van der Waals surface area contributed by atoms with Crippen LogP contribution in [0.3, 0.4) is 0 Å². The maximum Gasteiger partial charge on any atom is 0.192 e. The highest BCUT2D eigenvalue weighted by Gasteiger charge is 2.31. The molecule has 0 unspecified atom stereocenters. The molecule has 0 aromatic rings. The van der Waals surface area contributed by atoms with Gasteiger partial charge in [0.05, 0.1) is 0 Å². The highest BCUT2D eigenvalue weighted by Crippen LogP contribution is 2.27. The van der Waals surface area contributed by atoms with Crippen LogP contribution in [0.5, 0.6) is 0 Å². The van der Waals surface area contributed by atoms with E-state index in [9.17, 15) is 0 Å². The van der Waals surface area contributed by atoms with Crippen molar-refractivity contribution >= 4 is 16.6 Å². The first-order valence-electron chi connectivity index (χ1n) is 9.85. The Bertz CT molecular complexity index is 225. The molecule has 0 radical (unpaired) electrons. The molecular weight excluding hydrogens is 304 g/mol. The third kappa shape index (κ3) is 7.76. The van der Waals surface area contributed by atoms with Gasteiger partial charge in [-0.2, -0.15) is 0 Å². The second-order valence-electron chi connectivity index (χ2n) is 6.56. The Morgan fingerprint density at radius 1 is 0.500 bits per heavy atom. The molecule has 0 aliphatic heterocycles. The minimum atomic E-state index is -1.38. The fourth-order valence-corrected chi connectivity index (χ4v) is 10.2. The summed E-state index contributed by atoms with van der Waals surface area (Å²) in [5, 5.41) is 0. The van der Waals surface area contributed by atoms with Gasteiger partial charge in [-0.1, -0.05) is 53.4 Å². The van der Waals surface area contributed by atoms with Crippen LogP contribution >= 0.6 is 0 Å². The van der Waals surface area contributed by atoms with Crippen molar-refractivity contribution in [2.75, 3.05) is 13.2 Å². The van der Waals surface area contributed by atoms with E-state index in [1.165, 1.54) is 61.9 Å². The van der Waals surface area contributed by atoms with Gasteiger partial charge in [-0.15, -0.1) is 0 Å². The second-order valence-corrected chi connectivity index (χ2v) is 15.7. The van der Waals surface area contributed by atoms with E-state index in [0.717, 1.165) is 13.2 Å². The third-order valence-electron chi connectivity index (χ3n) is 5.49. The monoisotopic (exact) mass is 346 g/mol. The average Bonchev–Trinajstić information content (AvgIpc) is 2.56. The summed E-state index contributed by atoms with van der Waals surface area (Å²) in [7, 11) is -2.77. The maximum atomic E-state index is 6.18. The van der Waals surface area contributed by atoms with Crippen molar-refractivity contribution in [3.63, 3.8) is 0 Å². The SMILES string of the molecule is CCO[Si](CC)(CC)CCCCCC[Si](CC)(CC)OCC. The lowest BCUT2D eigenvalue weighted by molar-refractivity contribution is 0.316. The normalized spacial score (nSPS) is 12.8. The van der Waals surface area contributed by atoms with Gasteiger partial charge in [0.1, 0.15) is 0 Å². The van der Waals surface area contributed by atoms with Gasteiger partial charge in [-0.3, -0.25) is 0 Å². The number of hydrogen-bond donors (Lipinski definition) is 0. The topological polar surface area (TPSA) is 18.5 Å². The second kappa shape index (κ2) is 12.7. The summed E-state index contributed by atoms with van der Waals surface area (Å²) in [5.41, 5.74) is 0. The van der Waals surface area contributed by atoms with Gasteiger partial charge in [0, 0.05) is 13.2 Å². The van der Waals surface area contributed by atoms with E-state index in [0.29, 0.717) is 0 Å². The minimum absolute atomic E-state index is 0.906. The molecule has 4 heteroatoms. The Morgan fingerprint density at radius 2 is 0.818 bits per heavy atom. The lowest BCUT2D eigenvalue weighted by atomic mass is 10.2. The van der Waals surface area contributed by atoms with Gasteiger partial charge in [-0.25, -0.2) is 0 Å². The van der Waals surface area contributed by atoms with E-state index >= 15 is 0 Å². The van der Waals surface area contributed by atoms with E-state index in [-0.39, 0.29) is 0 Å². The molecule has 0 saturated heterocycles. The smallest absolute Gasteiger partial charge is 0.192 e. The molecule has 0 aromatic heterocycles. The zero-order valence-corrected chi connectivity index (χ0v) is 18.3. The summed E-state index contributed by atoms with van der Waals surface area (Å²) >= 11 is 0. The Hall–Kier alpha value is 0.354. The Labute approximate surface area is 142 Å². The molecule has 0 fully saturated rings. The van der Waals surface area contributed by atoms with Crippen LogP contribution in [0, 0.1) is 0 Å². The summed E-state index contributed by atoms with van der Waals surface area (Å²) in [6.07, 6.45) is 5.50. The van der Waals surface area contributed by atoms with Crippen LogP contribution in [-0.2, 0) is 8.85 Å². The first-order chi connectivity index (χ1) is 10.6. The van der Waals surface area contributed by atoms with Crippen LogP contribution in [-0.4, -0.2) is 29.8 Å². The molecule has 0 bridgehead atoms. The highest BCUT2D eigenvalue weighted by atomic mass is 28.4. The van der Waals surface area contributed by atoms with Crippen molar-refractivity contribution in [2.24, 2.45) is 0 Å². The van der Waals surface area contributed by atoms with Crippen molar-refractivity contribution in [3.05, 3.63) is 0 Å². The van der Waals surface area contributed by atoms with Gasteiger partial charge in [0.25, 0.3) is 0 Å². The predicted molar refractivity (Wildman–Crippen MR) is 105 cm³/mol. The summed E-state index contributed by atoms with van der Waals surface area (Å²) in [6, 6.07) is 7.85. The zero-order valence-electron chi connectivity index (χ0n) is 16.3. The molecule has 0 spiro atoms. The van der Waals surface area contributed by atoms with E-state index < -0.39 is 16.6 Å². The Morgan fingerprint density at radius 3 is 1.05 bits per heavy atom. The van der Waals surface area contributed by atoms with Crippen LogP contribution in [0.4, 0.5) is 0 Å². The molecule has 0 rings (SSSR count). The molecule has 22 heavy (non-hydrogen) atoms. The molecular formula is C18H42O2Si2. The summed E-state index contributed by atoms with van der Waals surface area (Å²) in [6.45, 7) is 15.4. The minimum Gasteiger partial charge on any atom is -0.417 e. The lowest BCUT2D eigenvalue weighted by Crippen LogP contribution is -2.36. The largest absolute Gasteiger partial charge is 0.417 e. The number of rotatable bonds is 15. The molecule has 0 amide bonds. The summed E-state index contributed by atoms with van der Waals surface area (Å²) in [4.78, 5) is 0. The van der Waals surface area contributed by atoms with Gasteiger partial charge in [-0.05, 0) is 50.1 Å². The number of hydrogen-bond acceptors (Lipinski definition) is 2. The Kier molecular flexibility index (Phi) is 12.9. The standard InChI is InChI=1S/C18H42O2Si2/c1-7-19-21(9-3,10-4)17-15-13-14-16-18-22(11-5,12-6)20-8-2/h7-18H2,1-6H3. The maximum absolute atomic E-state index is 6.18. The fourth-order valence-electron chi connectivity index (χ4n) is 3.62. The molecule has 2 nitrogen and oxygen atoms in total. The molecule has 134 valence electrons. The average molecular weight is 347 g/mol. The highest BCUT2D eigenvalue weighted by molar-refractivity contribution is 6.74. The molecule has 0 heterocycles. The van der Waals surface area contributed by atoms with Gasteiger partial charge < -0.3 is 8.85 Å². The summed E-state index contributed by atoms with van der Waals surface area (Å²) in [5.74, 6) is 0. The molecule has 0 atom stereocenters. The molecule has 0 aliphatic rings. The molecule has 0 aliphatic carbocycles. The quantitative estimate of drug-likeness (QED) is 0.246. The van der Waals surface area contributed by atoms with Crippen molar-refractivity contribution < 1.29 is 8.85 Å². The van der Waals surface area contributed by atoms with E-state index in [1.807, 2.05) is 0 Å². The number of unbranched alkanes of at least 4 members (excludes halogenated alkanes) is 3. The van der Waals surface area contributed by atoms with Crippen LogP contribution in [0.1, 0.15) is 67.2 Å². The molecule has 0 saturated carbocycles. The van der Waals surface area contributed by atoms with Crippen molar-refractivity contribution in [1.82, 2.24) is 0 Å². The molecule has 0 N–H and O–H groups in total. The Balaban J connectivity index is 4.01. The first kappa shape index (κ1) is 22.4. The lowest BCUT2D eigenvalue weighted by Gasteiger charge is -2.29. The predicted octanol–water partition coefficient (Wildman–Crippen LogP) is 6.59. The van der Waals surface area contributed by atoms with Gasteiger partial charge >= 0.3 is 0 Å². The zero-order chi connectivity index (χ0) is 16.9. The van der Waals surface area contributed by atoms with E-state index in [1.54, 1.807) is 0 Å².